The molecule has 5 nitrogen and oxygen atoms in total. The predicted molar refractivity (Wildman–Crippen MR) is 82.0 cm³/mol. The number of nitrogens with zero attached hydrogens (tertiary/aromatic N) is 2. The number of hydrogen-bond donors (Lipinski definition) is 1. The van der Waals surface area contributed by atoms with E-state index in [4.69, 9.17) is 23.2 Å². The predicted octanol–water partition coefficient (Wildman–Crippen LogP) is 3.48. The number of nitro benzene ring substituents is 1. The van der Waals surface area contributed by atoms with Gasteiger partial charge in [0.05, 0.1) is 20.7 Å². The summed E-state index contributed by atoms with van der Waals surface area (Å²) in [4.78, 5) is 12.2. The highest BCUT2D eigenvalue weighted by molar-refractivity contribution is 6.39. The Hall–Kier alpha value is -1.04. The van der Waals surface area contributed by atoms with Crippen LogP contribution in [0.1, 0.15) is 19.3 Å². The Morgan fingerprint density at radius 1 is 1.40 bits per heavy atom. The van der Waals surface area contributed by atoms with Crippen LogP contribution in [0.25, 0.3) is 0 Å². The lowest BCUT2D eigenvalue weighted by molar-refractivity contribution is -0.384. The van der Waals surface area contributed by atoms with Crippen LogP contribution in [0.5, 0.6) is 0 Å². The van der Waals surface area contributed by atoms with Crippen molar-refractivity contribution < 1.29 is 4.92 Å². The minimum absolute atomic E-state index is 0.0899. The van der Waals surface area contributed by atoms with Crippen molar-refractivity contribution in [1.29, 1.82) is 0 Å². The molecule has 7 heteroatoms. The minimum Gasteiger partial charge on any atom is -0.371 e. The quantitative estimate of drug-likeness (QED) is 0.682. The maximum Gasteiger partial charge on any atom is 0.272 e. The summed E-state index contributed by atoms with van der Waals surface area (Å²) >= 11 is 12.3. The van der Waals surface area contributed by atoms with Gasteiger partial charge in [-0.2, -0.15) is 0 Å². The lowest BCUT2D eigenvalue weighted by atomic mass is 10.0. The van der Waals surface area contributed by atoms with Crippen molar-refractivity contribution in [2.75, 3.05) is 25.0 Å². The highest BCUT2D eigenvalue weighted by Gasteiger charge is 2.20. The topological polar surface area (TPSA) is 58.4 Å². The monoisotopic (exact) mass is 317 g/mol. The standard InChI is InChI=1S/C13H17Cl2N3O2/c1-17(8-9-4-2-3-5-16-9)13-11(14)6-10(18(19)20)7-12(13)15/h6-7,9,16H,2-5,8H2,1H3. The second kappa shape index (κ2) is 6.61. The molecule has 1 aromatic rings. The van der Waals surface area contributed by atoms with Gasteiger partial charge in [-0.3, -0.25) is 10.1 Å². The van der Waals surface area contributed by atoms with Crippen molar-refractivity contribution in [2.45, 2.75) is 25.3 Å². The summed E-state index contributed by atoms with van der Waals surface area (Å²) in [6, 6.07) is 3.08. The summed E-state index contributed by atoms with van der Waals surface area (Å²) in [5.74, 6) is 0. The summed E-state index contributed by atoms with van der Waals surface area (Å²) in [6.45, 7) is 1.80. The molecule has 1 aliphatic rings. The zero-order valence-corrected chi connectivity index (χ0v) is 12.7. The molecule has 1 heterocycles. The van der Waals surface area contributed by atoms with Crippen LogP contribution in [0.4, 0.5) is 11.4 Å². The van der Waals surface area contributed by atoms with Crippen LogP contribution in [-0.4, -0.2) is 31.1 Å². The Morgan fingerprint density at radius 3 is 2.55 bits per heavy atom. The van der Waals surface area contributed by atoms with Crippen LogP contribution in [0.3, 0.4) is 0 Å². The fourth-order valence-corrected chi connectivity index (χ4v) is 3.29. The van der Waals surface area contributed by atoms with Crippen molar-refractivity contribution in [3.63, 3.8) is 0 Å². The van der Waals surface area contributed by atoms with E-state index in [0.717, 1.165) is 19.5 Å². The first kappa shape index (κ1) is 15.4. The average molecular weight is 318 g/mol. The minimum atomic E-state index is -0.496. The van der Waals surface area contributed by atoms with Crippen molar-refractivity contribution >= 4 is 34.6 Å². The Morgan fingerprint density at radius 2 is 2.05 bits per heavy atom. The molecule has 0 bridgehead atoms. The molecule has 1 N–H and O–H groups in total. The maximum atomic E-state index is 10.8. The van der Waals surface area contributed by atoms with E-state index < -0.39 is 4.92 Å². The zero-order chi connectivity index (χ0) is 14.7. The van der Waals surface area contributed by atoms with Crippen LogP contribution in [0.15, 0.2) is 12.1 Å². The van der Waals surface area contributed by atoms with Gasteiger partial charge in [-0.05, 0) is 19.4 Å². The molecule has 1 saturated heterocycles. The molecule has 0 saturated carbocycles. The van der Waals surface area contributed by atoms with Crippen molar-refractivity contribution in [3.05, 3.63) is 32.3 Å². The van der Waals surface area contributed by atoms with Gasteiger partial charge >= 0.3 is 0 Å². The van der Waals surface area contributed by atoms with Crippen molar-refractivity contribution in [2.24, 2.45) is 0 Å². The third-order valence-corrected chi connectivity index (χ3v) is 4.08. The van der Waals surface area contributed by atoms with E-state index in [1.807, 2.05) is 11.9 Å². The Balaban J connectivity index is 2.16. The normalized spacial score (nSPS) is 18.9. The molecule has 1 atom stereocenters. The van der Waals surface area contributed by atoms with Crippen LogP contribution < -0.4 is 10.2 Å². The Bertz CT molecular complexity index is 481. The molecule has 0 spiro atoms. The second-order valence-electron chi connectivity index (χ2n) is 5.04. The van der Waals surface area contributed by atoms with E-state index in [9.17, 15) is 10.1 Å². The highest BCUT2D eigenvalue weighted by Crippen LogP contribution is 2.37. The Kier molecular flexibility index (Phi) is 5.07. The molecule has 20 heavy (non-hydrogen) atoms. The average Bonchev–Trinajstić information content (AvgIpc) is 2.38. The van der Waals surface area contributed by atoms with E-state index >= 15 is 0 Å². The van der Waals surface area contributed by atoms with Crippen LogP contribution in [0, 0.1) is 10.1 Å². The van der Waals surface area contributed by atoms with Gasteiger partial charge in [-0.25, -0.2) is 0 Å². The number of nitrogens with one attached hydrogen (secondary N) is 1. The molecule has 0 amide bonds. The fraction of sp³-hybridized carbons (Fsp3) is 0.538. The summed E-state index contributed by atoms with van der Waals surface area (Å²) < 4.78 is 0. The second-order valence-corrected chi connectivity index (χ2v) is 5.86. The van der Waals surface area contributed by atoms with Crippen LogP contribution >= 0.6 is 23.2 Å². The number of rotatable bonds is 4. The first-order chi connectivity index (χ1) is 9.49. The van der Waals surface area contributed by atoms with Gasteiger partial charge in [0, 0.05) is 31.8 Å². The van der Waals surface area contributed by atoms with Crippen molar-refractivity contribution in [3.8, 4) is 0 Å². The van der Waals surface area contributed by atoms with Gasteiger partial charge in [0.25, 0.3) is 5.69 Å². The van der Waals surface area contributed by atoms with Crippen LogP contribution in [0.2, 0.25) is 10.0 Å². The highest BCUT2D eigenvalue weighted by atomic mass is 35.5. The molecule has 0 aliphatic carbocycles. The van der Waals surface area contributed by atoms with Crippen LogP contribution in [-0.2, 0) is 0 Å². The molecule has 1 unspecified atom stereocenters. The number of non-ortho nitro benzene ring substituents is 1. The van der Waals surface area contributed by atoms with Gasteiger partial charge in [0.15, 0.2) is 0 Å². The molecule has 110 valence electrons. The first-order valence-electron chi connectivity index (χ1n) is 6.57. The lowest BCUT2D eigenvalue weighted by Gasteiger charge is -2.30. The molecular formula is C13H17Cl2N3O2. The Labute approximate surface area is 128 Å². The molecule has 0 aromatic heterocycles. The van der Waals surface area contributed by atoms with E-state index in [2.05, 4.69) is 5.32 Å². The summed E-state index contributed by atoms with van der Waals surface area (Å²) in [5, 5.41) is 14.8. The molecular weight excluding hydrogens is 301 g/mol. The molecule has 1 aliphatic heterocycles. The third-order valence-electron chi connectivity index (χ3n) is 3.50. The molecule has 1 fully saturated rings. The van der Waals surface area contributed by atoms with E-state index in [-0.39, 0.29) is 5.69 Å². The molecule has 2 rings (SSSR count). The number of nitro groups is 1. The van der Waals surface area contributed by atoms with E-state index in [1.165, 1.54) is 25.0 Å². The summed E-state index contributed by atoms with van der Waals surface area (Å²) in [5.41, 5.74) is 0.555. The SMILES string of the molecule is CN(CC1CCCCN1)c1c(Cl)cc([N+](=O)[O-])cc1Cl. The van der Waals surface area contributed by atoms with Gasteiger partial charge in [0.2, 0.25) is 0 Å². The molecule has 1 aromatic carbocycles. The van der Waals surface area contributed by atoms with Gasteiger partial charge < -0.3 is 10.2 Å². The smallest absolute Gasteiger partial charge is 0.272 e. The maximum absolute atomic E-state index is 10.8. The number of piperidine rings is 1. The van der Waals surface area contributed by atoms with E-state index in [1.54, 1.807) is 0 Å². The summed E-state index contributed by atoms with van der Waals surface area (Å²) in [6.07, 6.45) is 3.54. The fourth-order valence-electron chi connectivity index (χ4n) is 2.52. The lowest BCUT2D eigenvalue weighted by Crippen LogP contribution is -2.42. The number of likely N-dealkylation sites (N-methyl/N-ethyl adjacent to an activating group) is 1. The largest absolute Gasteiger partial charge is 0.371 e. The van der Waals surface area contributed by atoms with E-state index in [0.29, 0.717) is 21.8 Å². The van der Waals surface area contributed by atoms with Crippen molar-refractivity contribution in [1.82, 2.24) is 5.32 Å². The third kappa shape index (κ3) is 3.53. The molecule has 0 radical (unpaired) electrons. The van der Waals surface area contributed by atoms with Gasteiger partial charge in [-0.1, -0.05) is 29.6 Å². The number of halogens is 2. The first-order valence-corrected chi connectivity index (χ1v) is 7.32. The number of anilines is 1. The summed E-state index contributed by atoms with van der Waals surface area (Å²) in [7, 11) is 1.90. The number of benzene rings is 1. The van der Waals surface area contributed by atoms with Gasteiger partial charge in [-0.15, -0.1) is 0 Å². The van der Waals surface area contributed by atoms with Gasteiger partial charge in [0.1, 0.15) is 0 Å². The zero-order valence-electron chi connectivity index (χ0n) is 11.2. The number of hydrogen-bond acceptors (Lipinski definition) is 4.